The van der Waals surface area contributed by atoms with Gasteiger partial charge in [0.2, 0.25) is 15.9 Å². The van der Waals surface area contributed by atoms with Crippen molar-refractivity contribution in [1.29, 1.82) is 0 Å². The van der Waals surface area contributed by atoms with E-state index in [9.17, 15) is 13.2 Å². The zero-order chi connectivity index (χ0) is 22.8. The fourth-order valence-electron chi connectivity index (χ4n) is 3.62. The quantitative estimate of drug-likeness (QED) is 0.613. The van der Waals surface area contributed by atoms with Crippen LogP contribution in [0.3, 0.4) is 0 Å². The molecule has 0 radical (unpaired) electrons. The highest BCUT2D eigenvalue weighted by Crippen LogP contribution is 2.33. The molecule has 1 saturated heterocycles. The van der Waals surface area contributed by atoms with Crippen LogP contribution in [-0.2, 0) is 14.8 Å². The molecule has 1 N–H and O–H groups in total. The first-order valence-corrected chi connectivity index (χ1v) is 12.3. The van der Waals surface area contributed by atoms with E-state index in [1.165, 1.54) is 11.4 Å². The molecule has 2 aromatic rings. The first kappa shape index (κ1) is 23.9. The largest absolute Gasteiger partial charge is 0.495 e. The highest BCUT2D eigenvalue weighted by molar-refractivity contribution is 7.89. The van der Waals surface area contributed by atoms with E-state index in [0.29, 0.717) is 34.3 Å². The van der Waals surface area contributed by atoms with E-state index in [4.69, 9.17) is 27.9 Å². The molecule has 31 heavy (non-hydrogen) atoms. The summed E-state index contributed by atoms with van der Waals surface area (Å²) in [5.41, 5.74) is 1.45. The number of carbonyl (C=O) groups excluding carboxylic acids is 1. The first-order valence-electron chi connectivity index (χ1n) is 10.1. The number of amides is 1. The molecule has 6 nitrogen and oxygen atoms in total. The summed E-state index contributed by atoms with van der Waals surface area (Å²) in [5.74, 6) is 0.0410. The lowest BCUT2D eigenvalue weighted by atomic mass is 9.97. The van der Waals surface area contributed by atoms with Gasteiger partial charge in [-0.2, -0.15) is 4.31 Å². The number of methoxy groups -OCH3 is 1. The van der Waals surface area contributed by atoms with Crippen LogP contribution in [0.15, 0.2) is 41.3 Å². The van der Waals surface area contributed by atoms with E-state index in [2.05, 4.69) is 5.32 Å². The third kappa shape index (κ3) is 5.52. The molecule has 0 bridgehead atoms. The molecule has 0 aromatic heterocycles. The van der Waals surface area contributed by atoms with Crippen LogP contribution >= 0.6 is 23.2 Å². The summed E-state index contributed by atoms with van der Waals surface area (Å²) in [7, 11) is -2.28. The van der Waals surface area contributed by atoms with E-state index in [1.807, 2.05) is 19.9 Å². The van der Waals surface area contributed by atoms with Gasteiger partial charge in [0.05, 0.1) is 7.11 Å². The van der Waals surface area contributed by atoms with Gasteiger partial charge in [-0.3, -0.25) is 4.79 Å². The van der Waals surface area contributed by atoms with Crippen LogP contribution in [0.4, 0.5) is 5.69 Å². The number of anilines is 1. The fourth-order valence-corrected chi connectivity index (χ4v) is 5.81. The molecule has 1 fully saturated rings. The predicted molar refractivity (Wildman–Crippen MR) is 124 cm³/mol. The van der Waals surface area contributed by atoms with Crippen molar-refractivity contribution >= 4 is 44.8 Å². The molecule has 0 saturated carbocycles. The standard InChI is InChI=1S/C22H26Cl2N2O4S/c1-14(2)16-4-5-20(30-3)21(10-16)31(28,29)26-8-6-15(7-9-26)22(27)25-19-12-17(23)11-18(24)13-19/h4-5,10-15H,6-9H2,1-3H3,(H,25,27). The van der Waals surface area contributed by atoms with Crippen LogP contribution in [0.2, 0.25) is 10.0 Å². The van der Waals surface area contributed by atoms with Crippen LogP contribution in [0.5, 0.6) is 5.75 Å². The zero-order valence-electron chi connectivity index (χ0n) is 17.7. The molecule has 1 aliphatic heterocycles. The Balaban J connectivity index is 1.71. The SMILES string of the molecule is COc1ccc(C(C)C)cc1S(=O)(=O)N1CCC(C(=O)Nc2cc(Cl)cc(Cl)c2)CC1. The van der Waals surface area contributed by atoms with Crippen molar-refractivity contribution in [3.63, 3.8) is 0 Å². The van der Waals surface area contributed by atoms with Gasteiger partial charge in [-0.15, -0.1) is 0 Å². The Kier molecular flexibility index (Phi) is 7.52. The minimum absolute atomic E-state index is 0.165. The highest BCUT2D eigenvalue weighted by Gasteiger charge is 2.34. The Labute approximate surface area is 193 Å². The van der Waals surface area contributed by atoms with Crippen LogP contribution < -0.4 is 10.1 Å². The maximum atomic E-state index is 13.3. The molecule has 9 heteroatoms. The van der Waals surface area contributed by atoms with E-state index in [-0.39, 0.29) is 35.7 Å². The van der Waals surface area contributed by atoms with Gasteiger partial charge in [0.25, 0.3) is 0 Å². The van der Waals surface area contributed by atoms with Gasteiger partial charge in [0.15, 0.2) is 0 Å². The second kappa shape index (κ2) is 9.77. The molecule has 1 amide bonds. The van der Waals surface area contributed by atoms with Crippen LogP contribution in [0, 0.1) is 5.92 Å². The number of sulfonamides is 1. The van der Waals surface area contributed by atoms with Crippen molar-refractivity contribution in [2.75, 3.05) is 25.5 Å². The second-order valence-electron chi connectivity index (χ2n) is 7.89. The van der Waals surface area contributed by atoms with Gasteiger partial charge in [-0.05, 0) is 54.7 Å². The van der Waals surface area contributed by atoms with Crippen LogP contribution in [0.1, 0.15) is 38.2 Å². The van der Waals surface area contributed by atoms with Crippen molar-refractivity contribution in [2.24, 2.45) is 5.92 Å². The average Bonchev–Trinajstić information content (AvgIpc) is 2.72. The molecular weight excluding hydrogens is 459 g/mol. The Hall–Kier alpha value is -1.80. The molecule has 2 aromatic carbocycles. The maximum absolute atomic E-state index is 13.3. The Morgan fingerprint density at radius 2 is 1.71 bits per heavy atom. The molecule has 1 aliphatic rings. The van der Waals surface area contributed by atoms with E-state index >= 15 is 0 Å². The van der Waals surface area contributed by atoms with Gasteiger partial charge in [0.1, 0.15) is 10.6 Å². The molecule has 0 spiro atoms. The molecule has 3 rings (SSSR count). The van der Waals surface area contributed by atoms with Gasteiger partial charge in [-0.1, -0.05) is 43.1 Å². The smallest absolute Gasteiger partial charge is 0.246 e. The highest BCUT2D eigenvalue weighted by atomic mass is 35.5. The average molecular weight is 485 g/mol. The lowest BCUT2D eigenvalue weighted by molar-refractivity contribution is -0.120. The Morgan fingerprint density at radius 3 is 2.26 bits per heavy atom. The van der Waals surface area contributed by atoms with Crippen molar-refractivity contribution < 1.29 is 17.9 Å². The number of hydrogen-bond acceptors (Lipinski definition) is 4. The lowest BCUT2D eigenvalue weighted by Gasteiger charge is -2.31. The van der Waals surface area contributed by atoms with Crippen LogP contribution in [-0.4, -0.2) is 38.8 Å². The first-order chi connectivity index (χ1) is 14.6. The minimum atomic E-state index is -3.74. The molecule has 0 unspecified atom stereocenters. The summed E-state index contributed by atoms with van der Waals surface area (Å²) in [5, 5.41) is 3.68. The third-order valence-corrected chi connectivity index (χ3v) is 7.78. The van der Waals surface area contributed by atoms with Gasteiger partial charge in [0, 0.05) is 34.7 Å². The van der Waals surface area contributed by atoms with Crippen LogP contribution in [0.25, 0.3) is 0 Å². The minimum Gasteiger partial charge on any atom is -0.495 e. The maximum Gasteiger partial charge on any atom is 0.246 e. The summed E-state index contributed by atoms with van der Waals surface area (Å²) in [6.45, 7) is 4.53. The molecule has 0 atom stereocenters. The molecule has 0 aliphatic carbocycles. The third-order valence-electron chi connectivity index (χ3n) is 5.43. The summed E-state index contributed by atoms with van der Waals surface area (Å²) in [6, 6.07) is 10.1. The van der Waals surface area contributed by atoms with Crippen molar-refractivity contribution in [1.82, 2.24) is 4.31 Å². The van der Waals surface area contributed by atoms with E-state index in [1.54, 1.807) is 30.3 Å². The van der Waals surface area contributed by atoms with Gasteiger partial charge < -0.3 is 10.1 Å². The number of ether oxygens (including phenoxy) is 1. The molecule has 168 valence electrons. The Morgan fingerprint density at radius 1 is 1.10 bits per heavy atom. The van der Waals surface area contributed by atoms with Crippen molar-refractivity contribution in [3.05, 3.63) is 52.0 Å². The number of rotatable bonds is 6. The molecular formula is C22H26Cl2N2O4S. The predicted octanol–water partition coefficient (Wildman–Crippen LogP) is 5.16. The fraction of sp³-hybridized carbons (Fsp3) is 0.409. The summed E-state index contributed by atoms with van der Waals surface area (Å²) in [4.78, 5) is 12.8. The number of piperidine rings is 1. The van der Waals surface area contributed by atoms with Gasteiger partial charge >= 0.3 is 0 Å². The number of benzene rings is 2. The summed E-state index contributed by atoms with van der Waals surface area (Å²) in [6.07, 6.45) is 0.844. The van der Waals surface area contributed by atoms with Crippen molar-refractivity contribution in [2.45, 2.75) is 37.5 Å². The van der Waals surface area contributed by atoms with E-state index < -0.39 is 10.0 Å². The normalized spacial score (nSPS) is 15.8. The second-order valence-corrected chi connectivity index (χ2v) is 10.7. The van der Waals surface area contributed by atoms with E-state index in [0.717, 1.165) is 5.56 Å². The van der Waals surface area contributed by atoms with Gasteiger partial charge in [-0.25, -0.2) is 8.42 Å². The Bertz CT molecular complexity index is 1040. The monoisotopic (exact) mass is 484 g/mol. The van der Waals surface area contributed by atoms with Crippen molar-refractivity contribution in [3.8, 4) is 5.75 Å². The number of nitrogens with zero attached hydrogens (tertiary/aromatic N) is 1. The number of nitrogens with one attached hydrogen (secondary N) is 1. The topological polar surface area (TPSA) is 75.7 Å². The number of halogens is 2. The summed E-state index contributed by atoms with van der Waals surface area (Å²) >= 11 is 12.0. The summed E-state index contributed by atoms with van der Waals surface area (Å²) < 4.78 is 33.3. The molecule has 1 heterocycles. The number of hydrogen-bond donors (Lipinski definition) is 1. The zero-order valence-corrected chi connectivity index (χ0v) is 20.0. The number of carbonyl (C=O) groups is 1. The lowest BCUT2D eigenvalue weighted by Crippen LogP contribution is -2.41.